The summed E-state index contributed by atoms with van der Waals surface area (Å²) >= 11 is 5.70. The molecule has 0 amide bonds. The molecule has 0 spiro atoms. The lowest BCUT2D eigenvalue weighted by Crippen LogP contribution is -2.07. The molecule has 2 aromatic rings. The van der Waals surface area contributed by atoms with Crippen molar-refractivity contribution in [3.63, 3.8) is 0 Å². The molecule has 0 unspecified atom stereocenters. The van der Waals surface area contributed by atoms with E-state index >= 15 is 0 Å². The number of nitrogens with zero attached hydrogens (tertiary/aromatic N) is 1. The summed E-state index contributed by atoms with van der Waals surface area (Å²) < 4.78 is 3.18. The summed E-state index contributed by atoms with van der Waals surface area (Å²) in [6.07, 6.45) is 1.00. The minimum absolute atomic E-state index is 0.0784. The normalized spacial score (nSPS) is 13.4. The van der Waals surface area contributed by atoms with Gasteiger partial charge in [0.05, 0.1) is 5.69 Å². The number of halogens is 2. The lowest BCUT2D eigenvalue weighted by molar-refractivity contribution is 0.103. The van der Waals surface area contributed by atoms with Crippen molar-refractivity contribution in [2.45, 2.75) is 6.42 Å². The van der Waals surface area contributed by atoms with Crippen molar-refractivity contribution in [2.75, 3.05) is 10.8 Å². The Labute approximate surface area is 142 Å². The second-order valence-corrected chi connectivity index (χ2v) is 7.28. The van der Waals surface area contributed by atoms with Gasteiger partial charge in [0.15, 0.2) is 5.78 Å². The second kappa shape index (κ2) is 6.07. The summed E-state index contributed by atoms with van der Waals surface area (Å²) in [5, 5.41) is 0. The Balaban J connectivity index is 1.94. The van der Waals surface area contributed by atoms with Gasteiger partial charge in [-0.1, -0.05) is 28.1 Å². The van der Waals surface area contributed by atoms with Gasteiger partial charge >= 0.3 is 0 Å². The maximum Gasteiger partial charge on any atom is 0.193 e. The van der Waals surface area contributed by atoms with Gasteiger partial charge in [0.25, 0.3) is 0 Å². The van der Waals surface area contributed by atoms with E-state index < -0.39 is 0 Å². The van der Waals surface area contributed by atoms with E-state index in [4.69, 9.17) is 0 Å². The van der Waals surface area contributed by atoms with Crippen LogP contribution in [0.3, 0.4) is 0 Å². The number of carbonyl (C=O) groups is 1. The van der Waals surface area contributed by atoms with Crippen molar-refractivity contribution in [1.82, 2.24) is 0 Å². The molecule has 2 nitrogen and oxygen atoms in total. The predicted octanol–water partition coefficient (Wildman–Crippen LogP) is 5.04. The Kier molecular flexibility index (Phi) is 4.37. The fourth-order valence-electron chi connectivity index (χ4n) is 2.38. The summed E-state index contributed by atoms with van der Waals surface area (Å²) in [4.78, 5) is 12.5. The molecule has 0 fully saturated rings. The van der Waals surface area contributed by atoms with Gasteiger partial charge in [-0.05, 0) is 42.3 Å². The molecule has 0 bridgehead atoms. The summed E-state index contributed by atoms with van der Waals surface area (Å²) in [6, 6.07) is 13.5. The highest BCUT2D eigenvalue weighted by atomic mass is 127. The number of fused-ring (bicyclic) bond motifs is 1. The zero-order chi connectivity index (χ0) is 14.1. The van der Waals surface area contributed by atoms with E-state index in [-0.39, 0.29) is 5.78 Å². The molecule has 0 saturated heterocycles. The van der Waals surface area contributed by atoms with E-state index in [1.54, 1.807) is 9.12 Å². The Morgan fingerprint density at radius 3 is 2.75 bits per heavy atom. The van der Waals surface area contributed by atoms with Gasteiger partial charge in [0, 0.05) is 52.5 Å². The van der Waals surface area contributed by atoms with E-state index in [0.717, 1.165) is 28.6 Å². The first-order valence-electron chi connectivity index (χ1n) is 6.18. The Bertz CT molecular complexity index is 677. The fraction of sp³-hybridized carbons (Fsp3) is 0.133. The van der Waals surface area contributed by atoms with Crippen LogP contribution in [0.25, 0.3) is 0 Å². The largest absolute Gasteiger partial charge is 0.307 e. The fourth-order valence-corrected chi connectivity index (χ4v) is 4.42. The highest BCUT2D eigenvalue weighted by Crippen LogP contribution is 2.36. The molecule has 0 radical (unpaired) electrons. The van der Waals surface area contributed by atoms with Crippen molar-refractivity contribution in [2.24, 2.45) is 0 Å². The minimum atomic E-state index is 0.0784. The van der Waals surface area contributed by atoms with Gasteiger partial charge in [0.2, 0.25) is 0 Å². The molecule has 5 heteroatoms. The molecule has 2 aromatic carbocycles. The standard InChI is InChI=1S/C15H11BrINOS/c16-13-3-1-2-11(9-13)15(19)12-4-5-14-10(8-12)6-7-18(14)20-17/h1-5,8-9H,6-7H2. The summed E-state index contributed by atoms with van der Waals surface area (Å²) in [5.41, 5.74) is 3.98. The Morgan fingerprint density at radius 2 is 2.00 bits per heavy atom. The first-order valence-corrected chi connectivity index (χ1v) is 10.3. The first kappa shape index (κ1) is 14.4. The Hall–Kier alpha value is -0.530. The summed E-state index contributed by atoms with van der Waals surface area (Å²) in [5.74, 6) is 0.0784. The number of hydrogen-bond acceptors (Lipinski definition) is 3. The lowest BCUT2D eigenvalue weighted by atomic mass is 10.0. The molecule has 1 aliphatic rings. The van der Waals surface area contributed by atoms with Gasteiger partial charge in [-0.3, -0.25) is 4.79 Å². The average Bonchev–Trinajstić information content (AvgIpc) is 2.88. The number of anilines is 1. The van der Waals surface area contributed by atoms with Gasteiger partial charge in [0.1, 0.15) is 0 Å². The van der Waals surface area contributed by atoms with Crippen molar-refractivity contribution >= 4 is 57.7 Å². The van der Waals surface area contributed by atoms with Gasteiger partial charge in [-0.2, -0.15) is 0 Å². The van der Waals surface area contributed by atoms with Crippen LogP contribution in [-0.4, -0.2) is 12.3 Å². The molecule has 1 heterocycles. The molecule has 0 aromatic heterocycles. The van der Waals surface area contributed by atoms with Crippen molar-refractivity contribution < 1.29 is 4.79 Å². The maximum atomic E-state index is 12.5. The van der Waals surface area contributed by atoms with Crippen LogP contribution in [0.4, 0.5) is 5.69 Å². The highest BCUT2D eigenvalue weighted by molar-refractivity contribution is 14.2. The molecule has 0 saturated carbocycles. The third-order valence-corrected chi connectivity index (χ3v) is 5.83. The number of carbonyl (C=O) groups excluding carboxylic acids is 1. The lowest BCUT2D eigenvalue weighted by Gasteiger charge is -2.13. The molecule has 0 atom stereocenters. The first-order chi connectivity index (χ1) is 9.69. The van der Waals surface area contributed by atoms with Crippen LogP contribution >= 0.6 is 46.3 Å². The van der Waals surface area contributed by atoms with Crippen molar-refractivity contribution in [1.29, 1.82) is 0 Å². The van der Waals surface area contributed by atoms with E-state index in [2.05, 4.69) is 47.5 Å². The topological polar surface area (TPSA) is 20.3 Å². The van der Waals surface area contributed by atoms with Crippen molar-refractivity contribution in [3.05, 3.63) is 63.6 Å². The maximum absolute atomic E-state index is 12.5. The smallest absolute Gasteiger partial charge is 0.193 e. The molecule has 3 rings (SSSR count). The molecular weight excluding hydrogens is 449 g/mol. The quantitative estimate of drug-likeness (QED) is 0.364. The van der Waals surface area contributed by atoms with Crippen LogP contribution in [0.2, 0.25) is 0 Å². The molecule has 20 heavy (non-hydrogen) atoms. The van der Waals surface area contributed by atoms with Crippen LogP contribution < -0.4 is 4.31 Å². The molecule has 0 aliphatic carbocycles. The van der Waals surface area contributed by atoms with E-state index in [0.29, 0.717) is 0 Å². The van der Waals surface area contributed by atoms with Crippen LogP contribution in [0.1, 0.15) is 21.5 Å². The van der Waals surface area contributed by atoms with E-state index in [1.165, 1.54) is 11.3 Å². The van der Waals surface area contributed by atoms with Gasteiger partial charge < -0.3 is 4.31 Å². The van der Waals surface area contributed by atoms with Crippen molar-refractivity contribution in [3.8, 4) is 0 Å². The molecule has 1 aliphatic heterocycles. The minimum Gasteiger partial charge on any atom is -0.307 e. The van der Waals surface area contributed by atoms with Crippen LogP contribution in [0, 0.1) is 0 Å². The monoisotopic (exact) mass is 459 g/mol. The average molecular weight is 460 g/mol. The zero-order valence-electron chi connectivity index (χ0n) is 10.5. The van der Waals surface area contributed by atoms with E-state index in [9.17, 15) is 4.79 Å². The van der Waals surface area contributed by atoms with Crippen LogP contribution in [-0.2, 0) is 6.42 Å². The van der Waals surface area contributed by atoms with Crippen LogP contribution in [0.5, 0.6) is 0 Å². The van der Waals surface area contributed by atoms with E-state index in [1.807, 2.05) is 36.4 Å². The number of benzene rings is 2. The molecule has 0 N–H and O–H groups in total. The number of rotatable bonds is 3. The molecular formula is C15H11BrINOS. The number of ketones is 1. The zero-order valence-corrected chi connectivity index (χ0v) is 15.0. The third kappa shape index (κ3) is 2.76. The summed E-state index contributed by atoms with van der Waals surface area (Å²) in [6.45, 7) is 1.01. The van der Waals surface area contributed by atoms with Gasteiger partial charge in [-0.25, -0.2) is 0 Å². The highest BCUT2D eigenvalue weighted by Gasteiger charge is 2.20. The Morgan fingerprint density at radius 1 is 1.20 bits per heavy atom. The van der Waals surface area contributed by atoms with Gasteiger partial charge in [-0.15, -0.1) is 0 Å². The predicted molar refractivity (Wildman–Crippen MR) is 96.7 cm³/mol. The third-order valence-electron chi connectivity index (χ3n) is 3.36. The van der Waals surface area contributed by atoms with Crippen LogP contribution in [0.15, 0.2) is 46.9 Å². The second-order valence-electron chi connectivity index (χ2n) is 4.60. The molecule has 102 valence electrons. The number of hydrogen-bond donors (Lipinski definition) is 0. The summed E-state index contributed by atoms with van der Waals surface area (Å²) in [7, 11) is 1.70. The SMILES string of the molecule is O=C(c1cccc(Br)c1)c1ccc2c(c1)CCN2SI.